The van der Waals surface area contributed by atoms with Gasteiger partial charge in [0.15, 0.2) is 5.69 Å². The maximum atomic E-state index is 15.1. The third-order valence-corrected chi connectivity index (χ3v) is 14.4. The molecule has 5 saturated heterocycles. The molecule has 5 aliphatic heterocycles. The number of H-pyrrole nitrogens is 1. The van der Waals surface area contributed by atoms with E-state index in [-0.39, 0.29) is 46.5 Å². The molecular formula is C50H58FN13O6. The van der Waals surface area contributed by atoms with Crippen LogP contribution in [0.2, 0.25) is 0 Å². The molecule has 70 heavy (non-hydrogen) atoms. The first-order valence-corrected chi connectivity index (χ1v) is 24.2. The molecule has 0 saturated carbocycles. The fourth-order valence-corrected chi connectivity index (χ4v) is 10.3. The van der Waals surface area contributed by atoms with Crippen LogP contribution in [0, 0.1) is 17.2 Å². The fraction of sp³-hybridized carbons (Fsp3) is 0.460. The molecule has 8 heterocycles. The first-order chi connectivity index (χ1) is 34.1. The molecule has 0 unspecified atom stereocenters. The second-order valence-electron chi connectivity index (χ2n) is 19.3. The lowest BCUT2D eigenvalue weighted by atomic mass is 9.78. The molecule has 5 aromatic rings. The number of nitrogens with one attached hydrogen (secondary N) is 3. The van der Waals surface area contributed by atoms with Gasteiger partial charge in [-0.25, -0.2) is 24.4 Å². The highest BCUT2D eigenvalue weighted by Crippen LogP contribution is 2.41. The van der Waals surface area contributed by atoms with E-state index in [4.69, 9.17) is 4.74 Å². The van der Waals surface area contributed by atoms with E-state index >= 15 is 4.39 Å². The van der Waals surface area contributed by atoms with Crippen molar-refractivity contribution in [1.29, 1.82) is 0 Å². The van der Waals surface area contributed by atoms with Crippen LogP contribution in [0.1, 0.15) is 50.6 Å². The van der Waals surface area contributed by atoms with Crippen LogP contribution in [0.3, 0.4) is 0 Å². The number of anilines is 2. The van der Waals surface area contributed by atoms with Crippen LogP contribution in [-0.2, 0) is 27.3 Å². The molecule has 3 aromatic heterocycles. The van der Waals surface area contributed by atoms with E-state index in [1.54, 1.807) is 52.5 Å². The Morgan fingerprint density at radius 2 is 1.54 bits per heavy atom. The maximum Gasteiger partial charge on any atom is 0.274 e. The Hall–Kier alpha value is -6.74. The smallest absolute Gasteiger partial charge is 0.274 e. The molecule has 0 atom stereocenters. The summed E-state index contributed by atoms with van der Waals surface area (Å²) in [5.41, 5.74) is 3.45. The van der Waals surface area contributed by atoms with E-state index in [9.17, 15) is 24.0 Å². The van der Waals surface area contributed by atoms with Crippen molar-refractivity contribution in [3.63, 3.8) is 0 Å². The highest BCUT2D eigenvalue weighted by Gasteiger charge is 2.49. The number of aromatic amines is 1. The van der Waals surface area contributed by atoms with Crippen LogP contribution in [0.25, 0.3) is 10.8 Å². The number of benzene rings is 2. The lowest BCUT2D eigenvalue weighted by Gasteiger charge is -2.55. The average molecular weight is 956 g/mol. The van der Waals surface area contributed by atoms with Gasteiger partial charge in [0.1, 0.15) is 12.1 Å². The van der Waals surface area contributed by atoms with Gasteiger partial charge < -0.3 is 39.9 Å². The number of fused-ring (bicyclic) bond motifs is 1. The van der Waals surface area contributed by atoms with E-state index in [1.165, 1.54) is 12.4 Å². The molecule has 5 fully saturated rings. The largest absolute Gasteiger partial charge is 0.380 e. The van der Waals surface area contributed by atoms with Crippen molar-refractivity contribution in [2.24, 2.45) is 11.3 Å². The van der Waals surface area contributed by atoms with Crippen LogP contribution in [-0.4, -0.2) is 185 Å². The minimum Gasteiger partial charge on any atom is -0.380 e. The zero-order valence-corrected chi connectivity index (χ0v) is 39.2. The highest BCUT2D eigenvalue weighted by molar-refractivity contribution is 6.03. The van der Waals surface area contributed by atoms with Crippen molar-refractivity contribution in [2.45, 2.75) is 25.8 Å². The molecule has 3 N–H and O–H groups in total. The number of piperazine rings is 2. The molecule has 0 bridgehead atoms. The summed E-state index contributed by atoms with van der Waals surface area (Å²) in [6.45, 7) is 10.6. The number of nitrogens with zero attached hydrogens (tertiary/aromatic N) is 10. The molecule has 1 spiro atoms. The number of ether oxygens (including phenoxy) is 1. The number of pyridine rings is 1. The minimum atomic E-state index is -0.612. The van der Waals surface area contributed by atoms with Gasteiger partial charge in [0.05, 0.1) is 71.6 Å². The predicted molar refractivity (Wildman–Crippen MR) is 258 cm³/mol. The van der Waals surface area contributed by atoms with Gasteiger partial charge in [0.2, 0.25) is 11.8 Å². The molecule has 0 radical (unpaired) electrons. The number of carbonyl (C=O) groups excluding carboxylic acids is 4. The third-order valence-electron chi connectivity index (χ3n) is 14.4. The molecule has 4 amide bonds. The summed E-state index contributed by atoms with van der Waals surface area (Å²) >= 11 is 0. The summed E-state index contributed by atoms with van der Waals surface area (Å²) in [7, 11) is 0. The fourth-order valence-electron chi connectivity index (χ4n) is 10.3. The van der Waals surface area contributed by atoms with E-state index < -0.39 is 11.7 Å². The van der Waals surface area contributed by atoms with E-state index in [2.05, 4.69) is 50.5 Å². The van der Waals surface area contributed by atoms with Gasteiger partial charge in [0, 0.05) is 110 Å². The van der Waals surface area contributed by atoms with E-state index in [0.29, 0.717) is 92.4 Å². The number of halogens is 1. The Bertz CT molecular complexity index is 2780. The normalized spacial score (nSPS) is 18.7. The number of amides is 4. The first kappa shape index (κ1) is 47.0. The molecule has 0 aliphatic carbocycles. The van der Waals surface area contributed by atoms with Crippen molar-refractivity contribution < 1.29 is 28.3 Å². The summed E-state index contributed by atoms with van der Waals surface area (Å²) in [6.07, 6.45) is 6.86. The Morgan fingerprint density at radius 1 is 0.814 bits per heavy atom. The molecule has 5 aliphatic rings. The van der Waals surface area contributed by atoms with Crippen LogP contribution in [0.15, 0.2) is 78.1 Å². The SMILES string of the molecule is O=C(CNCc1ccncn1)Nc1cc(N2CC3(COC3)C2)cnc1C(=O)N1CCC(CN2CCN(CC(=O)N3CCN(C(=O)c4cc(Cc5n[nH]c(=O)c6ccccc56)ccc4F)CC3)CC2)CC1. The Labute approximate surface area is 404 Å². The number of hydrogen-bond donors (Lipinski definition) is 3. The maximum absolute atomic E-state index is 15.1. The van der Waals surface area contributed by atoms with Gasteiger partial charge in [-0.05, 0) is 54.7 Å². The van der Waals surface area contributed by atoms with Gasteiger partial charge in [0.25, 0.3) is 17.4 Å². The number of piperidine rings is 1. The van der Waals surface area contributed by atoms with Gasteiger partial charge >= 0.3 is 0 Å². The summed E-state index contributed by atoms with van der Waals surface area (Å²) in [4.78, 5) is 91.4. The Morgan fingerprint density at radius 3 is 2.27 bits per heavy atom. The van der Waals surface area contributed by atoms with Crippen LogP contribution < -0.4 is 21.1 Å². The van der Waals surface area contributed by atoms with Crippen molar-refractivity contribution in [2.75, 3.05) is 122 Å². The quantitative estimate of drug-likeness (QED) is 0.146. The second-order valence-corrected chi connectivity index (χ2v) is 19.3. The molecule has 10 rings (SSSR count). The van der Waals surface area contributed by atoms with Crippen molar-refractivity contribution in [3.8, 4) is 0 Å². The highest BCUT2D eigenvalue weighted by atomic mass is 19.1. The van der Waals surface area contributed by atoms with E-state index in [0.717, 1.165) is 83.3 Å². The summed E-state index contributed by atoms with van der Waals surface area (Å²) in [5, 5.41) is 14.1. The van der Waals surface area contributed by atoms with Gasteiger partial charge in [-0.1, -0.05) is 24.3 Å². The first-order valence-electron chi connectivity index (χ1n) is 24.2. The zero-order valence-electron chi connectivity index (χ0n) is 39.2. The topological polar surface area (TPSA) is 205 Å². The van der Waals surface area contributed by atoms with Crippen molar-refractivity contribution in [1.82, 2.24) is 55.0 Å². The van der Waals surface area contributed by atoms with E-state index in [1.807, 2.05) is 23.1 Å². The van der Waals surface area contributed by atoms with Gasteiger partial charge in [-0.3, -0.25) is 28.9 Å². The summed E-state index contributed by atoms with van der Waals surface area (Å²) < 4.78 is 20.5. The van der Waals surface area contributed by atoms with Crippen molar-refractivity contribution >= 4 is 45.8 Å². The molecule has 2 aromatic carbocycles. The lowest BCUT2D eigenvalue weighted by molar-refractivity contribution is -0.134. The van der Waals surface area contributed by atoms with Crippen LogP contribution >= 0.6 is 0 Å². The number of aromatic nitrogens is 5. The Kier molecular flexibility index (Phi) is 13.9. The molecule has 19 nitrogen and oxygen atoms in total. The average Bonchev–Trinajstić information content (AvgIpc) is 3.35. The lowest BCUT2D eigenvalue weighted by Crippen LogP contribution is -2.66. The zero-order chi connectivity index (χ0) is 48.2. The second kappa shape index (κ2) is 20.7. The Balaban J connectivity index is 0.660. The van der Waals surface area contributed by atoms with Crippen LogP contribution in [0.4, 0.5) is 15.8 Å². The predicted octanol–water partition coefficient (Wildman–Crippen LogP) is 1.86. The number of carbonyl (C=O) groups is 4. The molecule has 20 heteroatoms. The molecular weight excluding hydrogens is 898 g/mol. The van der Waals surface area contributed by atoms with Crippen molar-refractivity contribution in [3.05, 3.63) is 118 Å². The summed E-state index contributed by atoms with van der Waals surface area (Å²) in [6, 6.07) is 15.3. The molecule has 366 valence electrons. The number of hydrogen-bond acceptors (Lipinski definition) is 14. The third kappa shape index (κ3) is 10.5. The number of rotatable bonds is 14. The monoisotopic (exact) mass is 955 g/mol. The number of likely N-dealkylation sites (tertiary alicyclic amines) is 1. The van der Waals surface area contributed by atoms with Gasteiger partial charge in [-0.2, -0.15) is 5.10 Å². The standard InChI is InChI=1S/C50H58FN13O6/c51-41-6-5-35(22-42-38-3-1-2-4-39(38)47(67)58-57-42)21-40(41)48(68)63-19-17-61(18-20-63)45(66)28-60-15-13-59(14-16-60)27-34-8-11-62(12-9-34)49(69)46-43(56-44(65)26-53-24-36-7-10-52-33-55-36)23-37(25-54-46)64-29-50(30-64)31-70-32-50/h1-7,10,21,23,25,33-34,53H,8-9,11-20,22,24,26-32H2,(H,56,65)(H,58,67). The van der Waals surface area contributed by atoms with Gasteiger partial charge in [-0.15, -0.1) is 0 Å². The summed E-state index contributed by atoms with van der Waals surface area (Å²) in [5.74, 6) is -1.07. The minimum absolute atomic E-state index is 0.0196. The van der Waals surface area contributed by atoms with Crippen LogP contribution in [0.5, 0.6) is 0 Å².